The molecule has 1 amide bonds. The molecule has 2 aromatic carbocycles. The largest absolute Gasteiger partial charge is 0.303 e. The number of hydrogen-bond donors (Lipinski definition) is 1. The zero-order valence-electron chi connectivity index (χ0n) is 13.7. The molecule has 0 radical (unpaired) electrons. The predicted molar refractivity (Wildman–Crippen MR) is 101 cm³/mol. The lowest BCUT2D eigenvalue weighted by atomic mass is 10.1. The van der Waals surface area contributed by atoms with Crippen molar-refractivity contribution in [1.82, 2.24) is 5.32 Å². The molecule has 122 valence electrons. The van der Waals surface area contributed by atoms with Crippen molar-refractivity contribution in [2.24, 2.45) is 10.2 Å². The van der Waals surface area contributed by atoms with Crippen molar-refractivity contribution in [2.45, 2.75) is 25.5 Å². The van der Waals surface area contributed by atoms with Crippen molar-refractivity contribution in [1.29, 1.82) is 0 Å². The lowest BCUT2D eigenvalue weighted by Crippen LogP contribution is -2.25. The number of carbonyl (C=O) groups excluding carboxylic acids is 1. The standard InChI is InChI=1S/C19H19N3OS/c1-13-5-3-7-15(9-13)11-17-18(23)21-19(24-17)22-20-12-16-8-4-6-14(2)10-16/h3-10,12,17H,11H2,1-2H3,(H,21,22,23)/t17-/m1/s1. The molecule has 4 nitrogen and oxygen atoms in total. The van der Waals surface area contributed by atoms with Crippen molar-refractivity contribution in [3.8, 4) is 0 Å². The fourth-order valence-corrected chi connectivity index (χ4v) is 3.50. The number of hydrogen-bond acceptors (Lipinski definition) is 4. The lowest BCUT2D eigenvalue weighted by Gasteiger charge is -2.05. The number of benzene rings is 2. The normalized spacial score (nSPS) is 19.2. The summed E-state index contributed by atoms with van der Waals surface area (Å²) in [5.41, 5.74) is 4.53. The highest BCUT2D eigenvalue weighted by atomic mass is 32.2. The number of amides is 1. The van der Waals surface area contributed by atoms with Crippen molar-refractivity contribution < 1.29 is 4.79 Å². The summed E-state index contributed by atoms with van der Waals surface area (Å²) in [4.78, 5) is 12.1. The van der Waals surface area contributed by atoms with Crippen LogP contribution in [0.25, 0.3) is 0 Å². The Morgan fingerprint density at radius 1 is 1.12 bits per heavy atom. The topological polar surface area (TPSA) is 53.8 Å². The third-order valence-electron chi connectivity index (χ3n) is 3.68. The summed E-state index contributed by atoms with van der Waals surface area (Å²) < 4.78 is 0. The van der Waals surface area contributed by atoms with Gasteiger partial charge in [0.15, 0.2) is 5.17 Å². The summed E-state index contributed by atoms with van der Waals surface area (Å²) in [5, 5.41) is 11.4. The third-order valence-corrected chi connectivity index (χ3v) is 4.75. The molecule has 0 saturated carbocycles. The lowest BCUT2D eigenvalue weighted by molar-refractivity contribution is -0.118. The number of carbonyl (C=O) groups is 1. The Morgan fingerprint density at radius 3 is 2.62 bits per heavy atom. The van der Waals surface area contributed by atoms with Gasteiger partial charge in [-0.05, 0) is 31.4 Å². The number of nitrogens with one attached hydrogen (secondary N) is 1. The van der Waals surface area contributed by atoms with Crippen molar-refractivity contribution in [2.75, 3.05) is 0 Å². The quantitative estimate of drug-likeness (QED) is 0.686. The van der Waals surface area contributed by atoms with Gasteiger partial charge in [0.2, 0.25) is 5.91 Å². The fourth-order valence-electron chi connectivity index (χ4n) is 2.54. The summed E-state index contributed by atoms with van der Waals surface area (Å²) in [6.45, 7) is 4.09. The summed E-state index contributed by atoms with van der Waals surface area (Å²) in [5.74, 6) is -0.00832. The van der Waals surface area contributed by atoms with Gasteiger partial charge in [-0.1, -0.05) is 71.4 Å². The number of nitrogens with zero attached hydrogens (tertiary/aromatic N) is 2. The molecule has 24 heavy (non-hydrogen) atoms. The first-order chi connectivity index (χ1) is 11.6. The van der Waals surface area contributed by atoms with Gasteiger partial charge in [-0.3, -0.25) is 4.79 Å². The molecular weight excluding hydrogens is 318 g/mol. The van der Waals surface area contributed by atoms with Crippen LogP contribution in [0.3, 0.4) is 0 Å². The summed E-state index contributed by atoms with van der Waals surface area (Å²) in [6, 6.07) is 16.2. The molecule has 1 aliphatic heterocycles. The van der Waals surface area contributed by atoms with Gasteiger partial charge < -0.3 is 5.32 Å². The number of aryl methyl sites for hydroxylation is 2. The smallest absolute Gasteiger partial charge is 0.239 e. The Hall–Kier alpha value is -2.40. The number of rotatable bonds is 4. The van der Waals surface area contributed by atoms with Crippen LogP contribution in [-0.4, -0.2) is 22.5 Å². The minimum atomic E-state index is -0.153. The first-order valence-electron chi connectivity index (χ1n) is 7.81. The molecule has 1 aliphatic rings. The minimum Gasteiger partial charge on any atom is -0.303 e. The molecule has 1 saturated heterocycles. The molecule has 0 aliphatic carbocycles. The minimum absolute atomic E-state index is 0.00832. The van der Waals surface area contributed by atoms with Gasteiger partial charge in [0.25, 0.3) is 0 Å². The molecular formula is C19H19N3OS. The Bertz CT molecular complexity index is 814. The van der Waals surface area contributed by atoms with Gasteiger partial charge in [-0.15, -0.1) is 5.10 Å². The van der Waals surface area contributed by atoms with E-state index in [0.717, 1.165) is 11.1 Å². The highest BCUT2D eigenvalue weighted by molar-refractivity contribution is 8.15. The van der Waals surface area contributed by atoms with Crippen LogP contribution in [0.1, 0.15) is 22.3 Å². The van der Waals surface area contributed by atoms with Crippen LogP contribution in [0.15, 0.2) is 58.7 Å². The molecule has 0 unspecified atom stereocenters. The summed E-state index contributed by atoms with van der Waals surface area (Å²) >= 11 is 1.43. The number of amidine groups is 1. The van der Waals surface area contributed by atoms with Crippen LogP contribution in [0.2, 0.25) is 0 Å². The zero-order valence-corrected chi connectivity index (χ0v) is 14.5. The molecule has 1 heterocycles. The molecule has 2 aromatic rings. The van der Waals surface area contributed by atoms with E-state index in [1.807, 2.05) is 43.3 Å². The highest BCUT2D eigenvalue weighted by Gasteiger charge is 2.30. The van der Waals surface area contributed by atoms with E-state index in [-0.39, 0.29) is 11.2 Å². The first kappa shape index (κ1) is 16.5. The van der Waals surface area contributed by atoms with Crippen molar-refractivity contribution in [3.63, 3.8) is 0 Å². The fraction of sp³-hybridized carbons (Fsp3) is 0.211. The Balaban J connectivity index is 1.63. The van der Waals surface area contributed by atoms with Gasteiger partial charge in [0, 0.05) is 0 Å². The van der Waals surface area contributed by atoms with E-state index in [2.05, 4.69) is 34.6 Å². The van der Waals surface area contributed by atoms with E-state index in [4.69, 9.17) is 0 Å². The molecule has 0 aromatic heterocycles. The zero-order chi connectivity index (χ0) is 16.9. The molecule has 3 rings (SSSR count). The highest BCUT2D eigenvalue weighted by Crippen LogP contribution is 2.23. The average molecular weight is 337 g/mol. The van der Waals surface area contributed by atoms with Gasteiger partial charge in [-0.25, -0.2) is 0 Å². The Kier molecular flexibility index (Phi) is 5.11. The van der Waals surface area contributed by atoms with E-state index >= 15 is 0 Å². The van der Waals surface area contributed by atoms with E-state index in [9.17, 15) is 4.79 Å². The van der Waals surface area contributed by atoms with Crippen molar-refractivity contribution >= 4 is 29.1 Å². The maximum atomic E-state index is 12.1. The van der Waals surface area contributed by atoms with Crippen LogP contribution in [-0.2, 0) is 11.2 Å². The Labute approximate surface area is 146 Å². The maximum Gasteiger partial charge on any atom is 0.239 e. The van der Waals surface area contributed by atoms with E-state index in [1.54, 1.807) is 6.21 Å². The molecule has 0 bridgehead atoms. The van der Waals surface area contributed by atoms with Crippen LogP contribution in [0, 0.1) is 13.8 Å². The molecule has 0 spiro atoms. The second-order valence-corrected chi connectivity index (χ2v) is 7.04. The first-order valence-corrected chi connectivity index (χ1v) is 8.69. The number of thioether (sulfide) groups is 1. The van der Waals surface area contributed by atoms with Crippen LogP contribution in [0.5, 0.6) is 0 Å². The van der Waals surface area contributed by atoms with Gasteiger partial charge in [0.1, 0.15) is 0 Å². The van der Waals surface area contributed by atoms with Gasteiger partial charge >= 0.3 is 0 Å². The SMILES string of the molecule is Cc1cccc(C=N/N=C2\NC(=O)[C@@H](Cc3cccc(C)c3)S2)c1. The van der Waals surface area contributed by atoms with E-state index < -0.39 is 0 Å². The maximum absolute atomic E-state index is 12.1. The molecule has 5 heteroatoms. The van der Waals surface area contributed by atoms with Gasteiger partial charge in [0.05, 0.1) is 11.5 Å². The molecule has 1 fully saturated rings. The second-order valence-electron chi connectivity index (χ2n) is 5.85. The third kappa shape index (κ3) is 4.32. The van der Waals surface area contributed by atoms with E-state index in [1.165, 1.54) is 22.9 Å². The Morgan fingerprint density at radius 2 is 1.88 bits per heavy atom. The summed E-state index contributed by atoms with van der Waals surface area (Å²) in [7, 11) is 0. The van der Waals surface area contributed by atoms with Crippen LogP contribution < -0.4 is 5.32 Å². The summed E-state index contributed by atoms with van der Waals surface area (Å²) in [6.07, 6.45) is 2.39. The second kappa shape index (κ2) is 7.45. The van der Waals surface area contributed by atoms with Crippen LogP contribution >= 0.6 is 11.8 Å². The average Bonchev–Trinajstić information content (AvgIpc) is 2.87. The monoisotopic (exact) mass is 337 g/mol. The van der Waals surface area contributed by atoms with Crippen LogP contribution in [0.4, 0.5) is 0 Å². The molecule has 1 N–H and O–H groups in total. The molecule has 1 atom stereocenters. The van der Waals surface area contributed by atoms with Gasteiger partial charge in [-0.2, -0.15) is 5.10 Å². The predicted octanol–water partition coefficient (Wildman–Crippen LogP) is 3.47. The van der Waals surface area contributed by atoms with Crippen molar-refractivity contribution in [3.05, 3.63) is 70.8 Å². The van der Waals surface area contributed by atoms with E-state index in [0.29, 0.717) is 11.6 Å².